The number of nitrogens with zero attached hydrogens (tertiary/aromatic N) is 2. The normalized spacial score (nSPS) is 11.5. The molecule has 3 rings (SSSR count). The molecule has 0 saturated heterocycles. The molecule has 0 aliphatic rings. The van der Waals surface area contributed by atoms with E-state index in [2.05, 4.69) is 39.9 Å². The molecule has 1 aromatic heterocycles. The maximum atomic E-state index is 12.3. The van der Waals surface area contributed by atoms with E-state index in [-0.39, 0.29) is 11.9 Å². The quantitative estimate of drug-likeness (QED) is 0.268. The van der Waals surface area contributed by atoms with Crippen molar-refractivity contribution in [1.82, 2.24) is 10.2 Å². The summed E-state index contributed by atoms with van der Waals surface area (Å²) in [4.78, 5) is 24.1. The third-order valence-electron chi connectivity index (χ3n) is 4.04. The van der Waals surface area contributed by atoms with E-state index in [1.54, 1.807) is 43.0 Å². The molecular formula is C21H22N4O3S2. The van der Waals surface area contributed by atoms with Gasteiger partial charge in [0, 0.05) is 10.9 Å². The van der Waals surface area contributed by atoms with Gasteiger partial charge in [0.15, 0.2) is 4.34 Å². The zero-order valence-corrected chi connectivity index (χ0v) is 18.3. The number of carbonyl (C=O) groups is 2. The average Bonchev–Trinajstić information content (AvgIpc) is 3.19. The Balaban J connectivity index is 1.58. The van der Waals surface area contributed by atoms with Gasteiger partial charge in [-0.05, 0) is 37.1 Å². The molecule has 2 amide bonds. The second-order valence-corrected chi connectivity index (χ2v) is 8.61. The Bertz CT molecular complexity index is 995. The summed E-state index contributed by atoms with van der Waals surface area (Å²) in [5.41, 5.74) is 2.08. The van der Waals surface area contributed by atoms with E-state index in [1.807, 2.05) is 18.2 Å². The maximum Gasteiger partial charge on any atom is 0.338 e. The predicted molar refractivity (Wildman–Crippen MR) is 120 cm³/mol. The number of hydrogen-bond donors (Lipinski definition) is 2. The van der Waals surface area contributed by atoms with Gasteiger partial charge in [0.1, 0.15) is 0 Å². The van der Waals surface area contributed by atoms with Crippen LogP contribution in [0.1, 0.15) is 41.4 Å². The van der Waals surface area contributed by atoms with Crippen LogP contribution in [-0.4, -0.2) is 28.8 Å². The standard InChI is InChI=1S/C21H22N4O3S2/c1-3-17(14-9-6-5-7-10-14)29-21-25-24-20(30-21)23-19(27)22-16-12-8-11-15(13-16)18(26)28-4-2/h5-13,17H,3-4H2,1-2H3,(H2,22,23,24,27). The van der Waals surface area contributed by atoms with Gasteiger partial charge in [-0.25, -0.2) is 9.59 Å². The van der Waals surface area contributed by atoms with Gasteiger partial charge in [-0.2, -0.15) is 0 Å². The summed E-state index contributed by atoms with van der Waals surface area (Å²) in [6.45, 7) is 4.16. The summed E-state index contributed by atoms with van der Waals surface area (Å²) in [5, 5.41) is 14.3. The first kappa shape index (κ1) is 21.8. The Morgan fingerprint density at radius 1 is 1.07 bits per heavy atom. The van der Waals surface area contributed by atoms with Crippen molar-refractivity contribution < 1.29 is 14.3 Å². The maximum absolute atomic E-state index is 12.3. The molecule has 1 heterocycles. The van der Waals surface area contributed by atoms with Gasteiger partial charge in [-0.15, -0.1) is 10.2 Å². The lowest BCUT2D eigenvalue weighted by Crippen LogP contribution is -2.19. The molecular weight excluding hydrogens is 420 g/mol. The summed E-state index contributed by atoms with van der Waals surface area (Å²) >= 11 is 2.94. The van der Waals surface area contributed by atoms with Crippen molar-refractivity contribution in [3.05, 3.63) is 65.7 Å². The number of ether oxygens (including phenoxy) is 1. The number of hydrogen-bond acceptors (Lipinski definition) is 7. The van der Waals surface area contributed by atoms with E-state index in [0.29, 0.717) is 16.4 Å². The van der Waals surface area contributed by atoms with Gasteiger partial charge < -0.3 is 10.1 Å². The number of amides is 2. The fraction of sp³-hybridized carbons (Fsp3) is 0.238. The van der Waals surface area contributed by atoms with Crippen molar-refractivity contribution in [1.29, 1.82) is 0 Å². The van der Waals surface area contributed by atoms with Crippen molar-refractivity contribution in [2.24, 2.45) is 0 Å². The molecule has 0 aliphatic heterocycles. The van der Waals surface area contributed by atoms with E-state index >= 15 is 0 Å². The number of aromatic nitrogens is 2. The van der Waals surface area contributed by atoms with Gasteiger partial charge >= 0.3 is 12.0 Å². The minimum Gasteiger partial charge on any atom is -0.462 e. The molecule has 1 atom stereocenters. The molecule has 0 aliphatic carbocycles. The fourth-order valence-corrected chi connectivity index (χ4v) is 4.72. The Labute approximate surface area is 183 Å². The molecule has 7 nitrogen and oxygen atoms in total. The summed E-state index contributed by atoms with van der Waals surface area (Å²) < 4.78 is 5.76. The van der Waals surface area contributed by atoms with Crippen molar-refractivity contribution >= 4 is 45.9 Å². The number of thioether (sulfide) groups is 1. The molecule has 2 N–H and O–H groups in total. The minimum atomic E-state index is -0.459. The second-order valence-electron chi connectivity index (χ2n) is 6.18. The Morgan fingerprint density at radius 3 is 2.60 bits per heavy atom. The van der Waals surface area contributed by atoms with Crippen LogP contribution < -0.4 is 10.6 Å². The first-order valence-electron chi connectivity index (χ1n) is 9.49. The lowest BCUT2D eigenvalue weighted by Gasteiger charge is -2.12. The number of benzene rings is 2. The summed E-state index contributed by atoms with van der Waals surface area (Å²) in [7, 11) is 0. The lowest BCUT2D eigenvalue weighted by atomic mass is 10.1. The Kier molecular flexibility index (Phi) is 7.81. The van der Waals surface area contributed by atoms with Crippen LogP contribution in [0.2, 0.25) is 0 Å². The van der Waals surface area contributed by atoms with Crippen molar-refractivity contribution in [2.45, 2.75) is 29.9 Å². The van der Waals surface area contributed by atoms with Crippen LogP contribution in [0.15, 0.2) is 58.9 Å². The van der Waals surface area contributed by atoms with E-state index in [9.17, 15) is 9.59 Å². The third-order valence-corrected chi connectivity index (χ3v) is 6.39. The van der Waals surface area contributed by atoms with Crippen molar-refractivity contribution in [2.75, 3.05) is 17.2 Å². The highest BCUT2D eigenvalue weighted by Crippen LogP contribution is 2.39. The molecule has 0 spiro atoms. The zero-order chi connectivity index (χ0) is 21.3. The monoisotopic (exact) mass is 442 g/mol. The summed E-state index contributed by atoms with van der Waals surface area (Å²) in [6, 6.07) is 16.3. The number of rotatable bonds is 8. The largest absolute Gasteiger partial charge is 0.462 e. The molecule has 0 bridgehead atoms. The van der Waals surface area contributed by atoms with Gasteiger partial charge in [-0.3, -0.25) is 5.32 Å². The summed E-state index contributed by atoms with van der Waals surface area (Å²) in [6.07, 6.45) is 0.953. The number of urea groups is 1. The minimum absolute atomic E-state index is 0.270. The highest BCUT2D eigenvalue weighted by Gasteiger charge is 2.15. The van der Waals surface area contributed by atoms with E-state index in [4.69, 9.17) is 4.74 Å². The summed E-state index contributed by atoms with van der Waals surface area (Å²) in [5.74, 6) is -0.434. The average molecular weight is 443 g/mol. The Morgan fingerprint density at radius 2 is 1.87 bits per heavy atom. The second kappa shape index (κ2) is 10.7. The SMILES string of the molecule is CCOC(=O)c1cccc(NC(=O)Nc2nnc(SC(CC)c3ccccc3)s2)c1. The fourth-order valence-electron chi connectivity index (χ4n) is 2.68. The van der Waals surface area contributed by atoms with Gasteiger partial charge in [0.25, 0.3) is 0 Å². The van der Waals surface area contributed by atoms with Crippen LogP contribution in [-0.2, 0) is 4.74 Å². The van der Waals surface area contributed by atoms with Crippen LogP contribution in [0, 0.1) is 0 Å². The number of esters is 1. The first-order chi connectivity index (χ1) is 14.6. The van der Waals surface area contributed by atoms with Gasteiger partial charge in [0.05, 0.1) is 12.2 Å². The molecule has 156 valence electrons. The molecule has 2 aromatic carbocycles. The van der Waals surface area contributed by atoms with E-state index in [1.165, 1.54) is 16.9 Å². The molecule has 0 radical (unpaired) electrons. The molecule has 1 unspecified atom stereocenters. The molecule has 30 heavy (non-hydrogen) atoms. The van der Waals surface area contributed by atoms with E-state index < -0.39 is 12.0 Å². The predicted octanol–water partition coefficient (Wildman–Crippen LogP) is 5.60. The van der Waals surface area contributed by atoms with Crippen molar-refractivity contribution in [3.63, 3.8) is 0 Å². The highest BCUT2D eigenvalue weighted by molar-refractivity contribution is 8.01. The smallest absolute Gasteiger partial charge is 0.338 e. The van der Waals surface area contributed by atoms with Crippen LogP contribution in [0.3, 0.4) is 0 Å². The van der Waals surface area contributed by atoms with Crippen LogP contribution in [0.25, 0.3) is 0 Å². The van der Waals surface area contributed by atoms with Crippen LogP contribution >= 0.6 is 23.1 Å². The molecule has 9 heteroatoms. The highest BCUT2D eigenvalue weighted by atomic mass is 32.2. The number of carbonyl (C=O) groups excluding carboxylic acids is 2. The van der Waals surface area contributed by atoms with Gasteiger partial charge in [-0.1, -0.05) is 66.4 Å². The number of nitrogens with one attached hydrogen (secondary N) is 2. The van der Waals surface area contributed by atoms with Crippen molar-refractivity contribution in [3.8, 4) is 0 Å². The first-order valence-corrected chi connectivity index (χ1v) is 11.2. The molecule has 0 fully saturated rings. The van der Waals surface area contributed by atoms with E-state index in [0.717, 1.165) is 10.8 Å². The molecule has 3 aromatic rings. The lowest BCUT2D eigenvalue weighted by molar-refractivity contribution is 0.0526. The molecule has 0 saturated carbocycles. The van der Waals surface area contributed by atoms with Crippen LogP contribution in [0.4, 0.5) is 15.6 Å². The van der Waals surface area contributed by atoms with Crippen LogP contribution in [0.5, 0.6) is 0 Å². The Hall–Kier alpha value is -2.91. The third kappa shape index (κ3) is 6.04. The topological polar surface area (TPSA) is 93.2 Å². The number of anilines is 2. The van der Waals surface area contributed by atoms with Gasteiger partial charge in [0.2, 0.25) is 5.13 Å². The zero-order valence-electron chi connectivity index (χ0n) is 16.6.